The average Bonchev–Trinajstić information content (AvgIpc) is 2.93. The molecule has 1 aliphatic rings. The summed E-state index contributed by atoms with van der Waals surface area (Å²) < 4.78 is 1.98. The summed E-state index contributed by atoms with van der Waals surface area (Å²) in [5.74, 6) is 0. The minimum absolute atomic E-state index is 0.492. The Morgan fingerprint density at radius 3 is 2.78 bits per heavy atom. The predicted octanol–water partition coefficient (Wildman–Crippen LogP) is 1.82. The molecule has 0 aromatic carbocycles. The lowest BCUT2D eigenvalue weighted by molar-refractivity contribution is 0.366. The van der Waals surface area contributed by atoms with Crippen LogP contribution < -0.4 is 4.90 Å². The quantitative estimate of drug-likeness (QED) is 0.807. The fourth-order valence-corrected chi connectivity index (χ4v) is 2.52. The molecule has 5 nitrogen and oxygen atoms in total. The Balaban J connectivity index is 1.67. The summed E-state index contributed by atoms with van der Waals surface area (Å²) in [6, 6.07) is 4.73. The molecule has 3 rings (SSSR count). The molecule has 1 fully saturated rings. The van der Waals surface area contributed by atoms with E-state index in [4.69, 9.17) is 0 Å². The molecule has 1 saturated heterocycles. The van der Waals surface area contributed by atoms with Crippen molar-refractivity contribution in [1.82, 2.24) is 19.7 Å². The Labute approximate surface area is 106 Å². The zero-order valence-corrected chi connectivity index (χ0v) is 10.5. The maximum Gasteiger partial charge on any atom is 0.137 e. The van der Waals surface area contributed by atoms with Gasteiger partial charge < -0.3 is 4.90 Å². The van der Waals surface area contributed by atoms with Crippen LogP contribution in [-0.2, 0) is 0 Å². The van der Waals surface area contributed by atoms with Crippen molar-refractivity contribution in [1.29, 1.82) is 0 Å². The highest BCUT2D eigenvalue weighted by atomic mass is 15.3. The van der Waals surface area contributed by atoms with Crippen LogP contribution in [0.3, 0.4) is 0 Å². The highest BCUT2D eigenvalue weighted by Crippen LogP contribution is 2.25. The van der Waals surface area contributed by atoms with E-state index in [9.17, 15) is 0 Å². The van der Waals surface area contributed by atoms with Crippen molar-refractivity contribution in [2.75, 3.05) is 18.0 Å². The van der Waals surface area contributed by atoms with E-state index in [1.54, 1.807) is 6.33 Å². The summed E-state index contributed by atoms with van der Waals surface area (Å²) in [6.07, 6.45) is 7.54. The van der Waals surface area contributed by atoms with Crippen LogP contribution in [0, 0.1) is 6.92 Å². The topological polar surface area (TPSA) is 46.8 Å². The van der Waals surface area contributed by atoms with Crippen LogP contribution in [-0.4, -0.2) is 32.8 Å². The number of aryl methyl sites for hydroxylation is 1. The molecule has 0 spiro atoms. The Morgan fingerprint density at radius 2 is 2.11 bits per heavy atom. The first-order chi connectivity index (χ1) is 8.83. The van der Waals surface area contributed by atoms with Gasteiger partial charge in [-0.3, -0.25) is 4.98 Å². The van der Waals surface area contributed by atoms with Gasteiger partial charge in [-0.2, -0.15) is 5.10 Å². The molecule has 18 heavy (non-hydrogen) atoms. The van der Waals surface area contributed by atoms with E-state index in [0.717, 1.165) is 31.6 Å². The Morgan fingerprint density at radius 1 is 1.28 bits per heavy atom. The van der Waals surface area contributed by atoms with Crippen molar-refractivity contribution < 1.29 is 0 Å². The third kappa shape index (κ3) is 2.20. The van der Waals surface area contributed by atoms with Gasteiger partial charge in [0, 0.05) is 30.7 Å². The minimum atomic E-state index is 0.492. The summed E-state index contributed by atoms with van der Waals surface area (Å²) >= 11 is 0. The fourth-order valence-electron chi connectivity index (χ4n) is 2.52. The largest absolute Gasteiger partial charge is 0.371 e. The molecule has 0 N–H and O–H groups in total. The molecule has 2 aromatic heterocycles. The molecule has 3 heterocycles. The monoisotopic (exact) mass is 243 g/mol. The van der Waals surface area contributed by atoms with E-state index in [-0.39, 0.29) is 0 Å². The van der Waals surface area contributed by atoms with E-state index in [0.29, 0.717) is 6.04 Å². The zero-order valence-electron chi connectivity index (χ0n) is 10.5. The molecule has 5 heteroatoms. The standard InChI is InChI=1S/C13H17N5/c1-11-8-13(2-5-15-11)17-6-3-12(4-7-17)18-10-14-9-16-18/h2,5,8-10,12H,3-4,6-7H2,1H3. The fraction of sp³-hybridized carbons (Fsp3) is 0.462. The first kappa shape index (κ1) is 11.2. The number of hydrogen-bond acceptors (Lipinski definition) is 4. The Hall–Kier alpha value is -1.91. The van der Waals surface area contributed by atoms with Gasteiger partial charge in [0.15, 0.2) is 0 Å². The lowest BCUT2D eigenvalue weighted by atomic mass is 10.0. The van der Waals surface area contributed by atoms with Gasteiger partial charge >= 0.3 is 0 Å². The van der Waals surface area contributed by atoms with Crippen LogP contribution in [0.5, 0.6) is 0 Å². The second-order valence-electron chi connectivity index (χ2n) is 4.75. The van der Waals surface area contributed by atoms with E-state index in [2.05, 4.69) is 32.1 Å². The lowest BCUT2D eigenvalue weighted by Gasteiger charge is -2.33. The first-order valence-electron chi connectivity index (χ1n) is 6.34. The van der Waals surface area contributed by atoms with Crippen LogP contribution in [0.2, 0.25) is 0 Å². The molecule has 94 valence electrons. The summed E-state index contributed by atoms with van der Waals surface area (Å²) in [7, 11) is 0. The molecule has 2 aromatic rings. The summed E-state index contributed by atoms with van der Waals surface area (Å²) in [6.45, 7) is 4.16. The number of rotatable bonds is 2. The third-order valence-electron chi connectivity index (χ3n) is 3.52. The molecule has 0 amide bonds. The minimum Gasteiger partial charge on any atom is -0.371 e. The van der Waals surface area contributed by atoms with Crippen LogP contribution in [0.25, 0.3) is 0 Å². The molecule has 0 saturated carbocycles. The summed E-state index contributed by atoms with van der Waals surface area (Å²) in [5.41, 5.74) is 2.35. The maximum atomic E-state index is 4.24. The second-order valence-corrected chi connectivity index (χ2v) is 4.75. The van der Waals surface area contributed by atoms with Crippen molar-refractivity contribution in [2.45, 2.75) is 25.8 Å². The molecular weight excluding hydrogens is 226 g/mol. The Kier molecular flexibility index (Phi) is 2.96. The normalized spacial score (nSPS) is 17.1. The SMILES string of the molecule is Cc1cc(N2CCC(n3cncn3)CC2)ccn1. The van der Waals surface area contributed by atoms with Crippen molar-refractivity contribution in [3.05, 3.63) is 36.7 Å². The summed E-state index contributed by atoms with van der Waals surface area (Å²) in [4.78, 5) is 10.7. The smallest absolute Gasteiger partial charge is 0.137 e. The van der Waals surface area contributed by atoms with Gasteiger partial charge in [-0.15, -0.1) is 0 Å². The summed E-state index contributed by atoms with van der Waals surface area (Å²) in [5, 5.41) is 4.23. The third-order valence-corrected chi connectivity index (χ3v) is 3.52. The number of nitrogens with zero attached hydrogens (tertiary/aromatic N) is 5. The molecule has 0 bridgehead atoms. The van der Waals surface area contributed by atoms with Gasteiger partial charge in [-0.05, 0) is 31.9 Å². The Bertz CT molecular complexity index is 500. The van der Waals surface area contributed by atoms with E-state index in [1.165, 1.54) is 5.69 Å². The molecule has 1 aliphatic heterocycles. The molecule has 0 radical (unpaired) electrons. The van der Waals surface area contributed by atoms with Crippen molar-refractivity contribution in [3.63, 3.8) is 0 Å². The average molecular weight is 243 g/mol. The van der Waals surface area contributed by atoms with E-state index < -0.39 is 0 Å². The van der Waals surface area contributed by atoms with Crippen molar-refractivity contribution >= 4 is 5.69 Å². The number of piperidine rings is 1. The van der Waals surface area contributed by atoms with Gasteiger partial charge in [0.05, 0.1) is 6.04 Å². The highest BCUT2D eigenvalue weighted by Gasteiger charge is 2.21. The molecular formula is C13H17N5. The van der Waals surface area contributed by atoms with E-state index in [1.807, 2.05) is 24.1 Å². The van der Waals surface area contributed by atoms with Gasteiger partial charge in [0.25, 0.3) is 0 Å². The van der Waals surface area contributed by atoms with Crippen LogP contribution in [0.4, 0.5) is 5.69 Å². The second kappa shape index (κ2) is 4.76. The molecule has 0 atom stereocenters. The maximum absolute atomic E-state index is 4.24. The van der Waals surface area contributed by atoms with Gasteiger partial charge in [0.2, 0.25) is 0 Å². The van der Waals surface area contributed by atoms with Crippen LogP contribution in [0.1, 0.15) is 24.6 Å². The van der Waals surface area contributed by atoms with Crippen molar-refractivity contribution in [2.24, 2.45) is 0 Å². The highest BCUT2D eigenvalue weighted by molar-refractivity contribution is 5.46. The van der Waals surface area contributed by atoms with Gasteiger partial charge in [0.1, 0.15) is 12.7 Å². The number of aromatic nitrogens is 4. The zero-order chi connectivity index (χ0) is 12.4. The van der Waals surface area contributed by atoms with Crippen LogP contribution in [0.15, 0.2) is 31.0 Å². The van der Waals surface area contributed by atoms with Crippen LogP contribution >= 0.6 is 0 Å². The van der Waals surface area contributed by atoms with Crippen molar-refractivity contribution in [3.8, 4) is 0 Å². The van der Waals surface area contributed by atoms with Gasteiger partial charge in [-0.1, -0.05) is 0 Å². The number of pyridine rings is 1. The number of hydrogen-bond donors (Lipinski definition) is 0. The first-order valence-corrected chi connectivity index (χ1v) is 6.34. The molecule has 0 aliphatic carbocycles. The lowest BCUT2D eigenvalue weighted by Crippen LogP contribution is -2.34. The number of anilines is 1. The predicted molar refractivity (Wildman–Crippen MR) is 69.5 cm³/mol. The van der Waals surface area contributed by atoms with E-state index >= 15 is 0 Å². The molecule has 0 unspecified atom stereocenters. The van der Waals surface area contributed by atoms with Gasteiger partial charge in [-0.25, -0.2) is 9.67 Å².